The highest BCUT2D eigenvalue weighted by Crippen LogP contribution is 2.20. The Labute approximate surface area is 97.6 Å². The van der Waals surface area contributed by atoms with Gasteiger partial charge in [0, 0.05) is 0 Å². The van der Waals surface area contributed by atoms with E-state index in [1.165, 1.54) is 0 Å². The van der Waals surface area contributed by atoms with Crippen LogP contribution in [0, 0.1) is 0 Å². The Hall–Kier alpha value is -0.870. The average Bonchev–Trinajstić information content (AvgIpc) is 2.17. The van der Waals surface area contributed by atoms with Gasteiger partial charge < -0.3 is 0 Å². The zero-order valence-electron chi connectivity index (χ0n) is 9.93. The molecule has 0 aliphatic heterocycles. The maximum Gasteiger partial charge on any atom is 0.297 e. The topological polar surface area (TPSA) is 43.4 Å². The monoisotopic (exact) mass is 242 g/mol. The van der Waals surface area contributed by atoms with Crippen molar-refractivity contribution in [2.24, 2.45) is 0 Å². The third kappa shape index (κ3) is 3.32. The quantitative estimate of drug-likeness (QED) is 0.746. The Bertz CT molecular complexity index is 435. The lowest BCUT2D eigenvalue weighted by Gasteiger charge is -2.11. The highest BCUT2D eigenvalue weighted by Gasteiger charge is 2.19. The van der Waals surface area contributed by atoms with Crippen LogP contribution in [0.2, 0.25) is 0 Å². The molecule has 0 saturated heterocycles. The standard InChI is InChI=1S/C12H18O3S/c1-4-7-11-8-5-6-9-12(11)16(13,14)15-10(2)3/h5-6,8-10H,4,7H2,1-3H3. The molecular formula is C12H18O3S. The third-order valence-corrected chi connectivity index (χ3v) is 3.66. The maximum atomic E-state index is 11.9. The van der Waals surface area contributed by atoms with E-state index in [-0.39, 0.29) is 6.10 Å². The molecule has 0 fully saturated rings. The molecule has 0 amide bonds. The van der Waals surface area contributed by atoms with Gasteiger partial charge in [0.15, 0.2) is 0 Å². The molecule has 0 aliphatic carbocycles. The molecular weight excluding hydrogens is 224 g/mol. The molecule has 0 aromatic heterocycles. The van der Waals surface area contributed by atoms with Gasteiger partial charge in [-0.3, -0.25) is 4.18 Å². The first-order chi connectivity index (χ1) is 7.47. The zero-order chi connectivity index (χ0) is 12.2. The van der Waals surface area contributed by atoms with Crippen molar-refractivity contribution in [1.29, 1.82) is 0 Å². The van der Waals surface area contributed by atoms with Crippen LogP contribution in [0.5, 0.6) is 0 Å². The third-order valence-electron chi connectivity index (χ3n) is 2.08. The lowest BCUT2D eigenvalue weighted by Crippen LogP contribution is -2.14. The van der Waals surface area contributed by atoms with Gasteiger partial charge in [-0.2, -0.15) is 8.42 Å². The van der Waals surface area contributed by atoms with E-state index >= 15 is 0 Å². The lowest BCUT2D eigenvalue weighted by molar-refractivity contribution is 0.248. The molecule has 0 atom stereocenters. The molecule has 0 bridgehead atoms. The van der Waals surface area contributed by atoms with E-state index in [2.05, 4.69) is 0 Å². The van der Waals surface area contributed by atoms with Gasteiger partial charge in [0.05, 0.1) is 11.0 Å². The van der Waals surface area contributed by atoms with Gasteiger partial charge in [-0.15, -0.1) is 0 Å². The van der Waals surface area contributed by atoms with Crippen LogP contribution < -0.4 is 0 Å². The van der Waals surface area contributed by atoms with E-state index in [1.54, 1.807) is 26.0 Å². The average molecular weight is 242 g/mol. The van der Waals surface area contributed by atoms with Crippen molar-refractivity contribution in [2.75, 3.05) is 0 Å². The molecule has 0 N–H and O–H groups in total. The van der Waals surface area contributed by atoms with Gasteiger partial charge in [0.2, 0.25) is 0 Å². The highest BCUT2D eigenvalue weighted by molar-refractivity contribution is 7.86. The highest BCUT2D eigenvalue weighted by atomic mass is 32.2. The summed E-state index contributed by atoms with van der Waals surface area (Å²) in [5.74, 6) is 0. The Morgan fingerprint density at radius 1 is 1.25 bits per heavy atom. The van der Waals surface area contributed by atoms with Crippen LogP contribution in [0.3, 0.4) is 0 Å². The van der Waals surface area contributed by atoms with Gasteiger partial charge in [-0.1, -0.05) is 31.5 Å². The Kier molecular flexibility index (Phi) is 4.50. The molecule has 16 heavy (non-hydrogen) atoms. The van der Waals surface area contributed by atoms with Crippen LogP contribution in [0.15, 0.2) is 29.2 Å². The normalized spacial score (nSPS) is 12.0. The van der Waals surface area contributed by atoms with Crippen LogP contribution in [-0.2, 0) is 20.7 Å². The van der Waals surface area contributed by atoms with Crippen molar-refractivity contribution < 1.29 is 12.6 Å². The zero-order valence-corrected chi connectivity index (χ0v) is 10.8. The fourth-order valence-electron chi connectivity index (χ4n) is 1.53. The van der Waals surface area contributed by atoms with Gasteiger partial charge in [0.1, 0.15) is 0 Å². The van der Waals surface area contributed by atoms with Crippen molar-refractivity contribution in [2.45, 2.75) is 44.6 Å². The summed E-state index contributed by atoms with van der Waals surface area (Å²) < 4.78 is 28.8. The second-order valence-corrected chi connectivity index (χ2v) is 5.50. The molecule has 1 rings (SSSR count). The molecule has 0 radical (unpaired) electrons. The lowest BCUT2D eigenvalue weighted by atomic mass is 10.1. The van der Waals surface area contributed by atoms with E-state index in [1.807, 2.05) is 19.1 Å². The number of benzene rings is 1. The Morgan fingerprint density at radius 2 is 1.88 bits per heavy atom. The van der Waals surface area contributed by atoms with Gasteiger partial charge in [0.25, 0.3) is 10.1 Å². The Morgan fingerprint density at radius 3 is 2.44 bits per heavy atom. The summed E-state index contributed by atoms with van der Waals surface area (Å²) in [6.45, 7) is 5.44. The molecule has 1 aromatic rings. The molecule has 1 aromatic carbocycles. The number of hydrogen-bond acceptors (Lipinski definition) is 3. The van der Waals surface area contributed by atoms with Gasteiger partial charge in [-0.05, 0) is 31.9 Å². The molecule has 0 heterocycles. The van der Waals surface area contributed by atoms with Crippen LogP contribution in [0.25, 0.3) is 0 Å². The molecule has 3 nitrogen and oxygen atoms in total. The SMILES string of the molecule is CCCc1ccccc1S(=O)(=O)OC(C)C. The molecule has 90 valence electrons. The van der Waals surface area contributed by atoms with E-state index in [0.717, 1.165) is 18.4 Å². The smallest absolute Gasteiger partial charge is 0.264 e. The van der Waals surface area contributed by atoms with Crippen molar-refractivity contribution >= 4 is 10.1 Å². The number of hydrogen-bond donors (Lipinski definition) is 0. The summed E-state index contributed by atoms with van der Waals surface area (Å²) in [6, 6.07) is 7.00. The van der Waals surface area contributed by atoms with Crippen LogP contribution >= 0.6 is 0 Å². The predicted molar refractivity (Wildman–Crippen MR) is 63.8 cm³/mol. The summed E-state index contributed by atoms with van der Waals surface area (Å²) >= 11 is 0. The van der Waals surface area contributed by atoms with Crippen LogP contribution in [-0.4, -0.2) is 14.5 Å². The first-order valence-electron chi connectivity index (χ1n) is 5.48. The van der Waals surface area contributed by atoms with Crippen LogP contribution in [0.4, 0.5) is 0 Å². The summed E-state index contributed by atoms with van der Waals surface area (Å²) in [6.07, 6.45) is 1.32. The fourth-order valence-corrected chi connectivity index (χ4v) is 2.88. The van der Waals surface area contributed by atoms with Gasteiger partial charge >= 0.3 is 0 Å². The summed E-state index contributed by atoms with van der Waals surface area (Å²) in [5.41, 5.74) is 0.825. The van der Waals surface area contributed by atoms with E-state index in [4.69, 9.17) is 4.18 Å². The minimum Gasteiger partial charge on any atom is -0.264 e. The molecule has 0 saturated carbocycles. The van der Waals surface area contributed by atoms with E-state index in [9.17, 15) is 8.42 Å². The molecule has 4 heteroatoms. The number of rotatable bonds is 5. The molecule has 0 unspecified atom stereocenters. The fraction of sp³-hybridized carbons (Fsp3) is 0.500. The first kappa shape index (κ1) is 13.2. The molecule has 0 aliphatic rings. The molecule has 0 spiro atoms. The van der Waals surface area contributed by atoms with E-state index < -0.39 is 10.1 Å². The van der Waals surface area contributed by atoms with E-state index in [0.29, 0.717) is 4.90 Å². The second-order valence-electron chi connectivity index (χ2n) is 3.96. The first-order valence-corrected chi connectivity index (χ1v) is 6.89. The summed E-state index contributed by atoms with van der Waals surface area (Å²) in [7, 11) is -3.61. The van der Waals surface area contributed by atoms with Gasteiger partial charge in [-0.25, -0.2) is 0 Å². The minimum atomic E-state index is -3.61. The van der Waals surface area contributed by atoms with Crippen molar-refractivity contribution in [3.05, 3.63) is 29.8 Å². The predicted octanol–water partition coefficient (Wildman–Crippen LogP) is 2.75. The van der Waals surface area contributed by atoms with Crippen LogP contribution in [0.1, 0.15) is 32.8 Å². The van der Waals surface area contributed by atoms with Crippen molar-refractivity contribution in [3.8, 4) is 0 Å². The maximum absolute atomic E-state index is 11.9. The van der Waals surface area contributed by atoms with Crippen molar-refractivity contribution in [3.63, 3.8) is 0 Å². The number of aryl methyl sites for hydroxylation is 1. The van der Waals surface area contributed by atoms with Crippen molar-refractivity contribution in [1.82, 2.24) is 0 Å². The summed E-state index contributed by atoms with van der Waals surface area (Å²) in [5, 5.41) is 0. The Balaban J connectivity index is 3.11. The largest absolute Gasteiger partial charge is 0.297 e. The minimum absolute atomic E-state index is 0.297. The summed E-state index contributed by atoms with van der Waals surface area (Å²) in [4.78, 5) is 0.297. The second kappa shape index (κ2) is 5.46.